The number of nitrogens with one attached hydrogen (secondary N) is 1. The van der Waals surface area contributed by atoms with Crippen molar-refractivity contribution in [3.63, 3.8) is 0 Å². The summed E-state index contributed by atoms with van der Waals surface area (Å²) in [5, 5.41) is 3.07. The van der Waals surface area contributed by atoms with Crippen LogP contribution in [0.1, 0.15) is 50.5 Å². The van der Waals surface area contributed by atoms with E-state index in [0.717, 1.165) is 30.6 Å². The quantitative estimate of drug-likeness (QED) is 0.908. The predicted octanol–water partition coefficient (Wildman–Crippen LogP) is 3.97. The molecule has 1 aromatic heterocycles. The van der Waals surface area contributed by atoms with E-state index >= 15 is 0 Å². The second kappa shape index (κ2) is 5.88. The summed E-state index contributed by atoms with van der Waals surface area (Å²) in [6.45, 7) is 7.23. The molecule has 1 heterocycles. The Morgan fingerprint density at radius 2 is 1.87 bits per heavy atom. The van der Waals surface area contributed by atoms with Gasteiger partial charge in [-0.1, -0.05) is 45.0 Å². The lowest BCUT2D eigenvalue weighted by atomic mass is 9.85. The molecule has 0 atom stereocenters. The van der Waals surface area contributed by atoms with Crippen molar-refractivity contribution in [3.8, 4) is 0 Å². The first-order chi connectivity index (χ1) is 10.9. The van der Waals surface area contributed by atoms with Gasteiger partial charge in [-0.3, -0.25) is 4.79 Å². The van der Waals surface area contributed by atoms with Gasteiger partial charge >= 0.3 is 0 Å². The van der Waals surface area contributed by atoms with Crippen LogP contribution in [0.3, 0.4) is 0 Å². The van der Waals surface area contributed by atoms with Gasteiger partial charge in [-0.05, 0) is 41.5 Å². The van der Waals surface area contributed by atoms with Crippen LogP contribution in [0.2, 0.25) is 0 Å². The highest BCUT2D eigenvalue weighted by atomic mass is 16.3. The number of amides is 1. The average molecular weight is 311 g/mol. The highest BCUT2D eigenvalue weighted by Gasteiger charge is 2.51. The van der Waals surface area contributed by atoms with Gasteiger partial charge in [0.2, 0.25) is 5.91 Å². The number of carbonyl (C=O) groups excluding carboxylic acids is 1. The summed E-state index contributed by atoms with van der Waals surface area (Å²) in [6, 6.07) is 12.4. The van der Waals surface area contributed by atoms with E-state index in [1.54, 1.807) is 6.26 Å². The molecule has 1 aromatic carbocycles. The molecule has 2 aromatic rings. The number of rotatable bonds is 5. The van der Waals surface area contributed by atoms with Gasteiger partial charge in [0.25, 0.3) is 0 Å². The van der Waals surface area contributed by atoms with E-state index in [-0.39, 0.29) is 16.7 Å². The Morgan fingerprint density at radius 3 is 2.39 bits per heavy atom. The number of hydrogen-bond donors (Lipinski definition) is 1. The van der Waals surface area contributed by atoms with E-state index in [4.69, 9.17) is 4.42 Å². The molecule has 122 valence electrons. The Morgan fingerprint density at radius 1 is 1.17 bits per heavy atom. The SMILES string of the molecule is CC(C)(C)c1ccc(C2(C(=O)NCCc3ccco3)CC2)cc1. The minimum Gasteiger partial charge on any atom is -0.469 e. The molecule has 0 bridgehead atoms. The molecule has 1 N–H and O–H groups in total. The zero-order valence-electron chi connectivity index (χ0n) is 14.2. The van der Waals surface area contributed by atoms with Crippen LogP contribution in [-0.2, 0) is 22.0 Å². The molecule has 0 spiro atoms. The molecule has 1 saturated carbocycles. The molecular formula is C20H25NO2. The molecule has 1 amide bonds. The highest BCUT2D eigenvalue weighted by molar-refractivity contribution is 5.91. The largest absolute Gasteiger partial charge is 0.469 e. The first-order valence-electron chi connectivity index (χ1n) is 8.33. The first-order valence-corrected chi connectivity index (χ1v) is 8.33. The zero-order valence-corrected chi connectivity index (χ0v) is 14.2. The van der Waals surface area contributed by atoms with Crippen molar-refractivity contribution < 1.29 is 9.21 Å². The molecule has 0 radical (unpaired) electrons. The third-order valence-electron chi connectivity index (χ3n) is 4.73. The van der Waals surface area contributed by atoms with Crippen LogP contribution < -0.4 is 5.32 Å². The fourth-order valence-corrected chi connectivity index (χ4v) is 2.98. The maximum atomic E-state index is 12.6. The van der Waals surface area contributed by atoms with Crippen LogP contribution in [0.5, 0.6) is 0 Å². The monoisotopic (exact) mass is 311 g/mol. The van der Waals surface area contributed by atoms with Gasteiger partial charge in [-0.15, -0.1) is 0 Å². The van der Waals surface area contributed by atoms with Crippen molar-refractivity contribution >= 4 is 5.91 Å². The van der Waals surface area contributed by atoms with E-state index in [1.165, 1.54) is 5.56 Å². The van der Waals surface area contributed by atoms with Crippen LogP contribution in [0.25, 0.3) is 0 Å². The zero-order chi connectivity index (χ0) is 16.5. The lowest BCUT2D eigenvalue weighted by molar-refractivity contribution is -0.123. The van der Waals surface area contributed by atoms with Crippen LogP contribution in [-0.4, -0.2) is 12.5 Å². The summed E-state index contributed by atoms with van der Waals surface area (Å²) in [5.41, 5.74) is 2.27. The smallest absolute Gasteiger partial charge is 0.230 e. The second-order valence-electron chi connectivity index (χ2n) is 7.49. The molecule has 3 heteroatoms. The van der Waals surface area contributed by atoms with Crippen molar-refractivity contribution in [1.82, 2.24) is 5.32 Å². The minimum atomic E-state index is -0.306. The van der Waals surface area contributed by atoms with E-state index in [0.29, 0.717) is 6.54 Å². The molecule has 23 heavy (non-hydrogen) atoms. The molecule has 0 aliphatic heterocycles. The van der Waals surface area contributed by atoms with Crippen molar-refractivity contribution in [2.24, 2.45) is 0 Å². The van der Waals surface area contributed by atoms with E-state index in [9.17, 15) is 4.79 Å². The van der Waals surface area contributed by atoms with E-state index in [2.05, 4.69) is 50.4 Å². The van der Waals surface area contributed by atoms with Gasteiger partial charge < -0.3 is 9.73 Å². The Balaban J connectivity index is 1.63. The van der Waals surface area contributed by atoms with Crippen molar-refractivity contribution in [3.05, 3.63) is 59.5 Å². The maximum Gasteiger partial charge on any atom is 0.230 e. The van der Waals surface area contributed by atoms with Crippen LogP contribution >= 0.6 is 0 Å². The topological polar surface area (TPSA) is 42.2 Å². The Bertz CT molecular complexity index is 659. The number of furan rings is 1. The van der Waals surface area contributed by atoms with Crippen LogP contribution in [0, 0.1) is 0 Å². The second-order valence-corrected chi connectivity index (χ2v) is 7.49. The number of benzene rings is 1. The summed E-state index contributed by atoms with van der Waals surface area (Å²) in [7, 11) is 0. The first kappa shape index (κ1) is 15.9. The van der Waals surface area contributed by atoms with Crippen LogP contribution in [0.4, 0.5) is 0 Å². The van der Waals surface area contributed by atoms with Crippen molar-refractivity contribution in [2.45, 2.75) is 50.9 Å². The number of carbonyl (C=O) groups is 1. The molecule has 0 saturated heterocycles. The van der Waals surface area contributed by atoms with Gasteiger partial charge in [0.15, 0.2) is 0 Å². The predicted molar refractivity (Wildman–Crippen MR) is 91.5 cm³/mol. The molecule has 1 aliphatic rings. The highest BCUT2D eigenvalue weighted by Crippen LogP contribution is 2.48. The molecule has 3 rings (SSSR count). The lowest BCUT2D eigenvalue weighted by Crippen LogP contribution is -2.36. The Labute approximate surface area is 138 Å². The summed E-state index contributed by atoms with van der Waals surface area (Å²) in [5.74, 6) is 1.05. The van der Waals surface area contributed by atoms with Crippen molar-refractivity contribution in [1.29, 1.82) is 0 Å². The standard InChI is InChI=1S/C20H25NO2/c1-19(2,3)15-6-8-16(9-7-15)20(11-12-20)18(22)21-13-10-17-5-4-14-23-17/h4-9,14H,10-13H2,1-3H3,(H,21,22). The summed E-state index contributed by atoms with van der Waals surface area (Å²) >= 11 is 0. The number of hydrogen-bond acceptors (Lipinski definition) is 2. The fourth-order valence-electron chi connectivity index (χ4n) is 2.98. The van der Waals surface area contributed by atoms with Gasteiger partial charge in [0.05, 0.1) is 11.7 Å². The van der Waals surface area contributed by atoms with Gasteiger partial charge in [0.1, 0.15) is 5.76 Å². The Kier molecular flexibility index (Phi) is 4.05. The normalized spacial score (nSPS) is 16.1. The van der Waals surface area contributed by atoms with Gasteiger partial charge in [-0.25, -0.2) is 0 Å². The van der Waals surface area contributed by atoms with E-state index in [1.807, 2.05) is 12.1 Å². The molecule has 0 unspecified atom stereocenters. The summed E-state index contributed by atoms with van der Waals surface area (Å²) in [6.07, 6.45) is 4.27. The van der Waals surface area contributed by atoms with Crippen molar-refractivity contribution in [2.75, 3.05) is 6.54 Å². The van der Waals surface area contributed by atoms with Gasteiger partial charge in [-0.2, -0.15) is 0 Å². The average Bonchev–Trinajstić information content (AvgIpc) is 3.17. The van der Waals surface area contributed by atoms with E-state index < -0.39 is 0 Å². The lowest BCUT2D eigenvalue weighted by Gasteiger charge is -2.21. The third-order valence-corrected chi connectivity index (χ3v) is 4.73. The Hall–Kier alpha value is -2.03. The summed E-state index contributed by atoms with van der Waals surface area (Å²) < 4.78 is 5.29. The molecular weight excluding hydrogens is 286 g/mol. The maximum absolute atomic E-state index is 12.6. The molecule has 1 aliphatic carbocycles. The van der Waals surface area contributed by atoms with Gasteiger partial charge in [0, 0.05) is 13.0 Å². The molecule has 1 fully saturated rings. The summed E-state index contributed by atoms with van der Waals surface area (Å²) in [4.78, 5) is 12.6. The third kappa shape index (κ3) is 3.34. The minimum absolute atomic E-state index is 0.139. The molecule has 3 nitrogen and oxygen atoms in total. The van der Waals surface area contributed by atoms with Crippen LogP contribution in [0.15, 0.2) is 47.1 Å². The fraction of sp³-hybridized carbons (Fsp3) is 0.450.